The molecule has 5 rings (SSSR count). The number of rotatable bonds is 5. The van der Waals surface area contributed by atoms with Gasteiger partial charge in [0.2, 0.25) is 5.91 Å². The number of benzene rings is 1. The van der Waals surface area contributed by atoms with Crippen LogP contribution in [0.2, 0.25) is 10.0 Å². The minimum Gasteiger partial charge on any atom is -0.459 e. The monoisotopic (exact) mass is 395 g/mol. The molecule has 4 aliphatic carbocycles. The Morgan fingerprint density at radius 2 is 1.58 bits per heavy atom. The van der Waals surface area contributed by atoms with Gasteiger partial charge in [0.15, 0.2) is 0 Å². The maximum absolute atomic E-state index is 12.8. The number of halogens is 2. The molecule has 4 nitrogen and oxygen atoms in total. The van der Waals surface area contributed by atoms with E-state index in [1.54, 1.807) is 18.2 Å². The number of amides is 1. The molecule has 4 bridgehead atoms. The smallest absolute Gasteiger partial charge is 0.325 e. The lowest BCUT2D eigenvalue weighted by Crippen LogP contribution is -2.54. The highest BCUT2D eigenvalue weighted by Gasteiger charge is 2.54. The van der Waals surface area contributed by atoms with E-state index >= 15 is 0 Å². The molecule has 1 aromatic carbocycles. The molecule has 0 saturated heterocycles. The molecule has 4 fully saturated rings. The molecule has 1 N–H and O–H groups in total. The molecular weight excluding hydrogens is 373 g/mol. The summed E-state index contributed by atoms with van der Waals surface area (Å²) in [5.74, 6) is 1.65. The normalized spacial score (nSPS) is 31.7. The number of hydrogen-bond donors (Lipinski definition) is 1. The van der Waals surface area contributed by atoms with Crippen LogP contribution in [0, 0.1) is 23.2 Å². The number of hydrogen-bond acceptors (Lipinski definition) is 3. The van der Waals surface area contributed by atoms with Crippen LogP contribution < -0.4 is 5.32 Å². The quantitative estimate of drug-likeness (QED) is 0.752. The third-order valence-corrected chi connectivity index (χ3v) is 7.06. The van der Waals surface area contributed by atoms with Crippen molar-refractivity contribution in [1.29, 1.82) is 0 Å². The molecule has 6 heteroatoms. The van der Waals surface area contributed by atoms with Gasteiger partial charge in [-0.25, -0.2) is 0 Å². The Kier molecular flexibility index (Phi) is 4.91. The summed E-state index contributed by atoms with van der Waals surface area (Å²) in [5, 5.41) is 3.75. The molecule has 1 amide bonds. The molecule has 4 saturated carbocycles. The summed E-state index contributed by atoms with van der Waals surface area (Å²) < 4.78 is 5.24. The van der Waals surface area contributed by atoms with Gasteiger partial charge in [0, 0.05) is 21.0 Å². The van der Waals surface area contributed by atoms with Gasteiger partial charge < -0.3 is 10.1 Å². The van der Waals surface area contributed by atoms with E-state index in [2.05, 4.69) is 5.32 Å². The van der Waals surface area contributed by atoms with Gasteiger partial charge in [0.25, 0.3) is 0 Å². The molecule has 0 aliphatic heterocycles. The van der Waals surface area contributed by atoms with Crippen molar-refractivity contribution in [3.8, 4) is 0 Å². The SMILES string of the molecule is O=C(CNC(=O)C12CC3CC(CC(C3)C1)C2)OCc1c(Cl)cccc1Cl. The van der Waals surface area contributed by atoms with Crippen LogP contribution in [0.25, 0.3) is 0 Å². The van der Waals surface area contributed by atoms with Crippen LogP contribution in [0.15, 0.2) is 18.2 Å². The van der Waals surface area contributed by atoms with Crippen LogP contribution in [-0.2, 0) is 20.9 Å². The Bertz CT molecular complexity index is 678. The predicted molar refractivity (Wildman–Crippen MR) is 99.9 cm³/mol. The lowest BCUT2D eigenvalue weighted by atomic mass is 9.49. The fraction of sp³-hybridized carbons (Fsp3) is 0.600. The van der Waals surface area contributed by atoms with Crippen LogP contribution in [-0.4, -0.2) is 18.4 Å². The summed E-state index contributed by atoms with van der Waals surface area (Å²) in [5.41, 5.74) is 0.331. The maximum Gasteiger partial charge on any atom is 0.325 e. The lowest BCUT2D eigenvalue weighted by Gasteiger charge is -2.55. The van der Waals surface area contributed by atoms with Crippen LogP contribution >= 0.6 is 23.2 Å². The second-order valence-electron chi connectivity index (χ2n) is 8.24. The maximum atomic E-state index is 12.8. The molecule has 0 aromatic heterocycles. The van der Waals surface area contributed by atoms with Crippen molar-refractivity contribution in [3.63, 3.8) is 0 Å². The van der Waals surface area contributed by atoms with E-state index in [1.165, 1.54) is 19.3 Å². The second kappa shape index (κ2) is 7.05. The number of esters is 1. The highest BCUT2D eigenvalue weighted by molar-refractivity contribution is 6.35. The van der Waals surface area contributed by atoms with Crippen LogP contribution in [0.4, 0.5) is 0 Å². The summed E-state index contributed by atoms with van der Waals surface area (Å²) in [6.45, 7) is -0.104. The largest absolute Gasteiger partial charge is 0.459 e. The average molecular weight is 396 g/mol. The number of carbonyl (C=O) groups is 2. The predicted octanol–water partition coefficient (Wildman–Crippen LogP) is 4.37. The van der Waals surface area contributed by atoms with E-state index in [4.69, 9.17) is 27.9 Å². The standard InChI is InChI=1S/C20H23Cl2NO3/c21-16-2-1-3-17(22)15(16)11-26-18(24)10-23-19(25)20-7-12-4-13(8-20)6-14(5-12)9-20/h1-3,12-14H,4-11H2,(H,23,25). The van der Waals surface area contributed by atoms with Gasteiger partial charge in [-0.1, -0.05) is 29.3 Å². The van der Waals surface area contributed by atoms with E-state index < -0.39 is 5.97 Å². The third kappa shape index (κ3) is 3.46. The zero-order valence-corrected chi connectivity index (χ0v) is 16.1. The van der Waals surface area contributed by atoms with Crippen molar-refractivity contribution in [1.82, 2.24) is 5.32 Å². The first-order valence-corrected chi connectivity index (χ1v) is 10.1. The zero-order chi connectivity index (χ0) is 18.3. The molecule has 26 heavy (non-hydrogen) atoms. The number of nitrogens with one attached hydrogen (secondary N) is 1. The summed E-state index contributed by atoms with van der Waals surface area (Å²) in [6.07, 6.45) is 6.80. The third-order valence-electron chi connectivity index (χ3n) is 6.35. The first kappa shape index (κ1) is 18.1. The van der Waals surface area contributed by atoms with E-state index in [1.807, 2.05) is 0 Å². The molecule has 140 valence electrons. The lowest BCUT2D eigenvalue weighted by molar-refractivity contribution is -0.151. The van der Waals surface area contributed by atoms with E-state index in [0.29, 0.717) is 33.4 Å². The van der Waals surface area contributed by atoms with E-state index in [-0.39, 0.29) is 24.5 Å². The van der Waals surface area contributed by atoms with Crippen molar-refractivity contribution in [2.24, 2.45) is 23.2 Å². The molecular formula is C20H23Cl2NO3. The van der Waals surface area contributed by atoms with Crippen molar-refractivity contribution in [3.05, 3.63) is 33.8 Å². The van der Waals surface area contributed by atoms with Crippen LogP contribution in [0.1, 0.15) is 44.1 Å². The van der Waals surface area contributed by atoms with Gasteiger partial charge in [-0.2, -0.15) is 0 Å². The summed E-state index contributed by atoms with van der Waals surface area (Å²) in [4.78, 5) is 24.9. The van der Waals surface area contributed by atoms with Gasteiger partial charge in [0.1, 0.15) is 13.2 Å². The Hall–Kier alpha value is -1.26. The Morgan fingerprint density at radius 3 is 2.12 bits per heavy atom. The second-order valence-corrected chi connectivity index (χ2v) is 9.06. The van der Waals surface area contributed by atoms with Crippen molar-refractivity contribution in [2.45, 2.75) is 45.1 Å². The highest BCUT2D eigenvalue weighted by atomic mass is 35.5. The zero-order valence-electron chi connectivity index (χ0n) is 14.6. The Morgan fingerprint density at radius 1 is 1.04 bits per heavy atom. The van der Waals surface area contributed by atoms with E-state index in [9.17, 15) is 9.59 Å². The minimum absolute atomic E-state index is 0.00454. The molecule has 0 heterocycles. The fourth-order valence-electron chi connectivity index (χ4n) is 5.60. The summed E-state index contributed by atoms with van der Waals surface area (Å²) >= 11 is 12.1. The van der Waals surface area contributed by atoms with Crippen LogP contribution in [0.3, 0.4) is 0 Å². The van der Waals surface area contributed by atoms with Crippen LogP contribution in [0.5, 0.6) is 0 Å². The molecule has 1 aromatic rings. The Balaban J connectivity index is 1.30. The number of ether oxygens (including phenoxy) is 1. The van der Waals surface area contributed by atoms with Gasteiger partial charge in [-0.3, -0.25) is 9.59 Å². The minimum atomic E-state index is -0.473. The van der Waals surface area contributed by atoms with Crippen molar-refractivity contribution >= 4 is 35.1 Å². The summed E-state index contributed by atoms with van der Waals surface area (Å²) in [6, 6.07) is 5.14. The topological polar surface area (TPSA) is 55.4 Å². The van der Waals surface area contributed by atoms with Crippen molar-refractivity contribution in [2.75, 3.05) is 6.54 Å². The molecule has 0 radical (unpaired) electrons. The van der Waals surface area contributed by atoms with Gasteiger partial charge in [-0.15, -0.1) is 0 Å². The fourth-order valence-corrected chi connectivity index (χ4v) is 6.11. The van der Waals surface area contributed by atoms with Gasteiger partial charge in [-0.05, 0) is 68.4 Å². The average Bonchev–Trinajstić information content (AvgIpc) is 2.58. The van der Waals surface area contributed by atoms with Gasteiger partial charge in [0.05, 0.1) is 0 Å². The molecule has 4 aliphatic rings. The van der Waals surface area contributed by atoms with Crippen molar-refractivity contribution < 1.29 is 14.3 Å². The number of carbonyl (C=O) groups excluding carboxylic acids is 2. The molecule has 0 unspecified atom stereocenters. The highest BCUT2D eigenvalue weighted by Crippen LogP contribution is 2.60. The first-order chi connectivity index (χ1) is 12.4. The molecule has 0 atom stereocenters. The van der Waals surface area contributed by atoms with Gasteiger partial charge >= 0.3 is 5.97 Å². The van der Waals surface area contributed by atoms with E-state index in [0.717, 1.165) is 19.3 Å². The Labute approximate surface area is 163 Å². The molecule has 0 spiro atoms. The first-order valence-electron chi connectivity index (χ1n) is 9.32. The summed E-state index contributed by atoms with van der Waals surface area (Å²) in [7, 11) is 0.